The molecule has 0 fully saturated rings. The lowest BCUT2D eigenvalue weighted by atomic mass is 9.89. The van der Waals surface area contributed by atoms with Gasteiger partial charge in [-0.05, 0) is 52.9 Å². The Morgan fingerprint density at radius 3 is 1.64 bits per heavy atom. The lowest BCUT2D eigenvalue weighted by Gasteiger charge is -2.18. The van der Waals surface area contributed by atoms with Crippen molar-refractivity contribution in [1.29, 1.82) is 0 Å². The first-order valence-electron chi connectivity index (χ1n) is 27.8. The molecule has 0 unspecified atom stereocenters. The van der Waals surface area contributed by atoms with Crippen molar-refractivity contribution in [1.82, 2.24) is 36.6 Å². The summed E-state index contributed by atoms with van der Waals surface area (Å²) < 4.78 is 20.7. The van der Waals surface area contributed by atoms with E-state index >= 15 is 0 Å². The molecule has 76 heavy (non-hydrogen) atoms. The molecule has 0 saturated heterocycles. The van der Waals surface area contributed by atoms with E-state index in [2.05, 4.69) is 36.6 Å². The highest BCUT2D eigenvalue weighted by Crippen LogP contribution is 2.17. The SMILES string of the molecule is CCOCC(=O)NCCOCCOCC(=O)NCCCC[C@H](CC(=O)[C@H](Cc1cnc[nH]1)NC=O)C(C)=O.CCOCCNC(=O)CC[C@H](NC(=O)CCCCCCCCCCCCCCCCCCC(=O)O)C(=O)O.[HH]. The molecular weight excluding hydrogens is 987 g/mol. The highest BCUT2D eigenvalue weighted by molar-refractivity contribution is 5.91. The molecule has 0 saturated carbocycles. The zero-order valence-electron chi connectivity index (χ0n) is 46.1. The summed E-state index contributed by atoms with van der Waals surface area (Å²) in [5.41, 5.74) is 0.711. The molecule has 0 aliphatic carbocycles. The van der Waals surface area contributed by atoms with E-state index in [1.165, 1.54) is 77.5 Å². The van der Waals surface area contributed by atoms with Gasteiger partial charge in [-0.1, -0.05) is 96.3 Å². The van der Waals surface area contributed by atoms with Crippen LogP contribution in [0.2, 0.25) is 0 Å². The van der Waals surface area contributed by atoms with Gasteiger partial charge in [0, 0.05) is 84.2 Å². The number of ketones is 2. The highest BCUT2D eigenvalue weighted by Gasteiger charge is 2.25. The average molecular weight is 1080 g/mol. The van der Waals surface area contributed by atoms with Crippen molar-refractivity contribution < 1.29 is 73.7 Å². The fraction of sp³-hybridized carbons (Fsp3) is 0.778. The number of rotatable bonds is 52. The van der Waals surface area contributed by atoms with Crippen LogP contribution in [-0.4, -0.2) is 158 Å². The standard InChI is InChI=1S/C29H54N2O7.C25H41N5O8.H2/c1-2-38-24-23-30-26(32)22-21-25(29(36)37)31-27(33)19-17-15-13-11-9-7-5-3-4-6-8-10-12-14-16-18-20-28(34)35;1-3-36-15-24(34)28-8-9-37-10-11-38-16-25(35)27-7-5-4-6-20(19(2)32)12-23(33)22(30-18-31)13-21-14-26-17-29-21;/h25H,2-24H2,1H3,(H,30,32)(H,31,33)(H,34,35)(H,36,37);14,17-18,20,22H,3-13,15-16H2,1-2H3,(H,26,29)(H,27,35)(H,28,34)(H,30,31);1H/t25-;20-,22+;/m01./s1. The quantitative estimate of drug-likeness (QED) is 0.0293. The van der Waals surface area contributed by atoms with Crippen LogP contribution in [0.3, 0.4) is 0 Å². The van der Waals surface area contributed by atoms with Crippen LogP contribution in [0.1, 0.15) is 182 Å². The molecule has 0 aromatic carbocycles. The summed E-state index contributed by atoms with van der Waals surface area (Å²) in [5.74, 6) is -3.53. The second-order valence-corrected chi connectivity index (χ2v) is 18.7. The van der Waals surface area contributed by atoms with Gasteiger partial charge < -0.3 is 60.7 Å². The zero-order valence-corrected chi connectivity index (χ0v) is 46.1. The monoisotopic (exact) mass is 1080 g/mol. The highest BCUT2D eigenvalue weighted by atomic mass is 16.5. The molecule has 0 aliphatic rings. The van der Waals surface area contributed by atoms with E-state index in [0.29, 0.717) is 96.9 Å². The molecule has 1 aromatic heterocycles. The van der Waals surface area contributed by atoms with Crippen molar-refractivity contribution in [2.75, 3.05) is 72.5 Å². The molecule has 438 valence electrons. The second-order valence-electron chi connectivity index (χ2n) is 18.7. The third kappa shape index (κ3) is 44.9. The first kappa shape index (κ1) is 70.7. The van der Waals surface area contributed by atoms with Crippen molar-refractivity contribution in [2.24, 2.45) is 5.92 Å². The summed E-state index contributed by atoms with van der Waals surface area (Å²) in [4.78, 5) is 111. The van der Waals surface area contributed by atoms with Gasteiger partial charge in [-0.2, -0.15) is 0 Å². The Morgan fingerprint density at radius 2 is 1.12 bits per heavy atom. The predicted octanol–water partition coefficient (Wildman–Crippen LogP) is 5.54. The van der Waals surface area contributed by atoms with Crippen LogP contribution in [0.4, 0.5) is 0 Å². The number of ether oxygens (including phenoxy) is 4. The Labute approximate surface area is 452 Å². The summed E-state index contributed by atoms with van der Waals surface area (Å²) >= 11 is 0. The maximum atomic E-state index is 12.7. The molecule has 0 aliphatic heterocycles. The number of aromatic amines is 1. The van der Waals surface area contributed by atoms with Gasteiger partial charge in [-0.25, -0.2) is 9.78 Å². The molecule has 0 spiro atoms. The lowest BCUT2D eigenvalue weighted by Crippen LogP contribution is -2.41. The Bertz CT molecular complexity index is 1710. The molecular formula is C54H97N7O15. The molecule has 1 aromatic rings. The van der Waals surface area contributed by atoms with E-state index in [4.69, 9.17) is 24.1 Å². The van der Waals surface area contributed by atoms with Crippen LogP contribution in [0.15, 0.2) is 12.5 Å². The van der Waals surface area contributed by atoms with Crippen molar-refractivity contribution in [3.63, 3.8) is 0 Å². The normalized spacial score (nSPS) is 12.0. The molecule has 1 heterocycles. The van der Waals surface area contributed by atoms with Gasteiger partial charge in [0.2, 0.25) is 30.0 Å². The minimum absolute atomic E-state index is 0. The molecule has 3 atom stereocenters. The van der Waals surface area contributed by atoms with E-state index in [9.17, 15) is 48.3 Å². The fourth-order valence-corrected chi connectivity index (χ4v) is 7.82. The number of amides is 5. The molecule has 22 nitrogen and oxygen atoms in total. The number of nitrogens with zero attached hydrogens (tertiary/aromatic N) is 1. The van der Waals surface area contributed by atoms with Crippen molar-refractivity contribution in [3.8, 4) is 0 Å². The number of nitrogens with one attached hydrogen (secondary N) is 6. The number of hydrogen-bond acceptors (Lipinski definition) is 14. The minimum Gasteiger partial charge on any atom is -0.481 e. The largest absolute Gasteiger partial charge is 0.481 e. The van der Waals surface area contributed by atoms with Crippen molar-refractivity contribution in [3.05, 3.63) is 18.2 Å². The summed E-state index contributed by atoms with van der Waals surface area (Å²) in [7, 11) is 0. The van der Waals surface area contributed by atoms with Crippen LogP contribution < -0.4 is 26.6 Å². The summed E-state index contributed by atoms with van der Waals surface area (Å²) in [6, 6.07) is -1.78. The maximum absolute atomic E-state index is 12.7. The van der Waals surface area contributed by atoms with Gasteiger partial charge in [-0.15, -0.1) is 0 Å². The van der Waals surface area contributed by atoms with Crippen LogP contribution in [0, 0.1) is 5.92 Å². The van der Waals surface area contributed by atoms with Crippen LogP contribution in [0.25, 0.3) is 0 Å². The number of carbonyl (C=O) groups excluding carboxylic acids is 7. The predicted molar refractivity (Wildman–Crippen MR) is 288 cm³/mol. The smallest absolute Gasteiger partial charge is 0.326 e. The summed E-state index contributed by atoms with van der Waals surface area (Å²) in [5, 5.41) is 31.1. The summed E-state index contributed by atoms with van der Waals surface area (Å²) in [6.45, 7) is 8.59. The first-order chi connectivity index (χ1) is 36.7. The third-order valence-electron chi connectivity index (χ3n) is 12.2. The number of imidazole rings is 1. The number of unbranched alkanes of at least 4 members (excludes halogenated alkanes) is 16. The van der Waals surface area contributed by atoms with Gasteiger partial charge in [0.15, 0.2) is 5.78 Å². The maximum Gasteiger partial charge on any atom is 0.326 e. The zero-order chi connectivity index (χ0) is 56.3. The van der Waals surface area contributed by atoms with Crippen LogP contribution in [0.5, 0.6) is 0 Å². The van der Waals surface area contributed by atoms with Gasteiger partial charge >= 0.3 is 11.9 Å². The lowest BCUT2D eigenvalue weighted by molar-refractivity contribution is -0.142. The second kappa shape index (κ2) is 50.5. The Kier molecular flexibility index (Phi) is 47.0. The fourth-order valence-electron chi connectivity index (χ4n) is 7.82. The van der Waals surface area contributed by atoms with Gasteiger partial charge in [0.25, 0.3) is 0 Å². The van der Waals surface area contributed by atoms with Gasteiger partial charge in [-0.3, -0.25) is 38.4 Å². The number of aromatic nitrogens is 2. The van der Waals surface area contributed by atoms with Gasteiger partial charge in [0.1, 0.15) is 25.0 Å². The number of hydrogen-bond donors (Lipinski definition) is 8. The molecule has 5 amide bonds. The number of H-pyrrole nitrogens is 1. The Morgan fingerprint density at radius 1 is 0.592 bits per heavy atom. The number of carbonyl (C=O) groups is 9. The Hall–Kier alpha value is -5.32. The number of Topliss-reactive ketones (excluding diaryl/α,β-unsaturated/α-hetero) is 2. The minimum atomic E-state index is -1.12. The topological polar surface area (TPSA) is 320 Å². The van der Waals surface area contributed by atoms with E-state index in [1.807, 2.05) is 13.8 Å². The Balaban J connectivity index is 0. The van der Waals surface area contributed by atoms with Crippen molar-refractivity contribution >= 4 is 53.5 Å². The van der Waals surface area contributed by atoms with E-state index in [0.717, 1.165) is 38.5 Å². The first-order valence-corrected chi connectivity index (χ1v) is 27.8. The summed E-state index contributed by atoms with van der Waals surface area (Å²) in [6.07, 6.45) is 24.7. The number of carboxylic acids is 2. The van der Waals surface area contributed by atoms with Crippen LogP contribution in [-0.2, 0) is 68.5 Å². The van der Waals surface area contributed by atoms with Gasteiger partial charge in [0.05, 0.1) is 38.8 Å². The number of aliphatic carboxylic acids is 2. The van der Waals surface area contributed by atoms with Crippen molar-refractivity contribution in [2.45, 2.75) is 193 Å². The average Bonchev–Trinajstić information content (AvgIpc) is 3.91. The molecule has 22 heteroatoms. The molecule has 0 bridgehead atoms. The van der Waals surface area contributed by atoms with E-state index in [1.54, 1.807) is 6.20 Å². The number of carboxylic acid groups (broad SMARTS) is 2. The third-order valence-corrected chi connectivity index (χ3v) is 12.2. The molecule has 1 rings (SSSR count). The van der Waals surface area contributed by atoms with E-state index in [-0.39, 0.29) is 82.1 Å². The molecule has 0 radical (unpaired) electrons. The van der Waals surface area contributed by atoms with Crippen LogP contribution >= 0.6 is 0 Å². The molecule has 8 N–H and O–H groups in total. The van der Waals surface area contributed by atoms with E-state index < -0.39 is 29.9 Å².